The van der Waals surface area contributed by atoms with Crippen LogP contribution in [0.15, 0.2) is 24.3 Å². The molecule has 0 heterocycles. The first-order valence-corrected chi connectivity index (χ1v) is 6.86. The van der Waals surface area contributed by atoms with Crippen molar-refractivity contribution in [2.75, 3.05) is 12.7 Å². The maximum atomic E-state index is 11.7. The van der Waals surface area contributed by atoms with Crippen molar-refractivity contribution in [2.24, 2.45) is 5.73 Å². The lowest BCUT2D eigenvalue weighted by Crippen LogP contribution is -2.03. The van der Waals surface area contributed by atoms with E-state index in [1.165, 1.54) is 6.07 Å². The summed E-state index contributed by atoms with van der Waals surface area (Å²) in [5, 5.41) is 9.44. The Morgan fingerprint density at radius 3 is 2.60 bits per heavy atom. The van der Waals surface area contributed by atoms with Gasteiger partial charge in [0.1, 0.15) is 5.75 Å². The molecule has 0 radical (unpaired) electrons. The van der Waals surface area contributed by atoms with Crippen molar-refractivity contribution in [3.8, 4) is 5.75 Å². The molecule has 1 unspecified atom stereocenters. The van der Waals surface area contributed by atoms with E-state index in [1.807, 2.05) is 0 Å². The Labute approximate surface area is 89.2 Å². The summed E-state index contributed by atoms with van der Waals surface area (Å²) in [5.41, 5.74) is 5.79. The average molecular weight is 229 g/mol. The molecular formula is C10H16NO3P. The predicted octanol–water partition coefficient (Wildman–Crippen LogP) is 1.51. The van der Waals surface area contributed by atoms with E-state index >= 15 is 0 Å². The predicted molar refractivity (Wildman–Crippen MR) is 60.2 cm³/mol. The fourth-order valence-electron chi connectivity index (χ4n) is 1.33. The van der Waals surface area contributed by atoms with Crippen LogP contribution in [0.3, 0.4) is 0 Å². The zero-order chi connectivity index (χ0) is 11.3. The highest BCUT2D eigenvalue weighted by molar-refractivity contribution is 7.57. The molecule has 5 heteroatoms. The molecule has 4 nitrogen and oxygen atoms in total. The molecule has 1 atom stereocenters. The first kappa shape index (κ1) is 12.2. The number of aromatic hydroxyl groups is 1. The molecule has 0 aromatic heterocycles. The van der Waals surface area contributed by atoms with Crippen LogP contribution in [-0.2, 0) is 10.7 Å². The maximum Gasteiger partial charge on any atom is 0.205 e. The van der Waals surface area contributed by atoms with Crippen molar-refractivity contribution in [1.29, 1.82) is 0 Å². The fourth-order valence-corrected chi connectivity index (χ4v) is 2.96. The maximum absolute atomic E-state index is 11.7. The minimum absolute atomic E-state index is 0.0136. The summed E-state index contributed by atoms with van der Waals surface area (Å²) in [6.07, 6.45) is 0.749. The van der Waals surface area contributed by atoms with Crippen LogP contribution in [0.25, 0.3) is 0 Å². The van der Waals surface area contributed by atoms with E-state index in [0.29, 0.717) is 18.5 Å². The summed E-state index contributed by atoms with van der Waals surface area (Å²) in [7, 11) is -3.20. The van der Waals surface area contributed by atoms with Gasteiger partial charge in [0.25, 0.3) is 0 Å². The van der Waals surface area contributed by atoms with Gasteiger partial charge in [-0.15, -0.1) is 0 Å². The fraction of sp³-hybridized carbons (Fsp3) is 0.400. The van der Waals surface area contributed by atoms with Crippen molar-refractivity contribution in [3.05, 3.63) is 29.8 Å². The Balaban J connectivity index is 2.69. The number of phenolic OH excluding ortho intramolecular Hbond substituents is 1. The molecule has 1 aromatic carbocycles. The summed E-state index contributed by atoms with van der Waals surface area (Å²) in [4.78, 5) is 9.61. The third-order valence-corrected chi connectivity index (χ3v) is 3.97. The normalized spacial score (nSPS) is 14.8. The van der Waals surface area contributed by atoms with Gasteiger partial charge in [-0.05, 0) is 19.0 Å². The molecule has 0 aliphatic heterocycles. The molecule has 0 aliphatic rings. The SMILES string of the molecule is NCCCP(=O)(O)Cc1ccccc1O. The van der Waals surface area contributed by atoms with Gasteiger partial charge in [0.05, 0.1) is 6.16 Å². The van der Waals surface area contributed by atoms with Crippen molar-refractivity contribution in [3.63, 3.8) is 0 Å². The van der Waals surface area contributed by atoms with Gasteiger partial charge < -0.3 is 15.7 Å². The van der Waals surface area contributed by atoms with E-state index in [1.54, 1.807) is 18.2 Å². The van der Waals surface area contributed by atoms with Crippen LogP contribution in [0.5, 0.6) is 5.75 Å². The van der Waals surface area contributed by atoms with Crippen LogP contribution in [0.2, 0.25) is 0 Å². The van der Waals surface area contributed by atoms with Crippen LogP contribution in [-0.4, -0.2) is 22.7 Å². The van der Waals surface area contributed by atoms with Crippen LogP contribution < -0.4 is 5.73 Å². The first-order valence-electron chi connectivity index (χ1n) is 4.83. The first-order chi connectivity index (χ1) is 7.05. The number of para-hydroxylation sites is 1. The lowest BCUT2D eigenvalue weighted by molar-refractivity contribution is 0.459. The average Bonchev–Trinajstić information content (AvgIpc) is 2.18. The van der Waals surface area contributed by atoms with E-state index in [9.17, 15) is 14.6 Å². The molecule has 0 bridgehead atoms. The van der Waals surface area contributed by atoms with Gasteiger partial charge in [-0.3, -0.25) is 4.57 Å². The third kappa shape index (κ3) is 4.04. The van der Waals surface area contributed by atoms with Crippen molar-refractivity contribution in [1.82, 2.24) is 0 Å². The second-order valence-corrected chi connectivity index (χ2v) is 5.95. The Hall–Kier alpha value is -0.830. The van der Waals surface area contributed by atoms with Crippen molar-refractivity contribution >= 4 is 7.37 Å². The van der Waals surface area contributed by atoms with Gasteiger partial charge >= 0.3 is 0 Å². The molecule has 15 heavy (non-hydrogen) atoms. The van der Waals surface area contributed by atoms with Gasteiger partial charge in [0.2, 0.25) is 7.37 Å². The highest BCUT2D eigenvalue weighted by atomic mass is 31.2. The van der Waals surface area contributed by atoms with E-state index in [0.717, 1.165) is 0 Å². The number of hydrogen-bond donors (Lipinski definition) is 3. The van der Waals surface area contributed by atoms with E-state index in [2.05, 4.69) is 0 Å². The molecular weight excluding hydrogens is 213 g/mol. The summed E-state index contributed by atoms with van der Waals surface area (Å²) in [5.74, 6) is 0.0690. The van der Waals surface area contributed by atoms with Gasteiger partial charge in [0.15, 0.2) is 0 Å². The monoisotopic (exact) mass is 229 g/mol. The van der Waals surface area contributed by atoms with Gasteiger partial charge in [-0.1, -0.05) is 18.2 Å². The Morgan fingerprint density at radius 1 is 1.33 bits per heavy atom. The number of nitrogens with two attached hydrogens (primary N) is 1. The third-order valence-electron chi connectivity index (χ3n) is 2.12. The molecule has 1 aromatic rings. The van der Waals surface area contributed by atoms with Crippen molar-refractivity contribution < 1.29 is 14.6 Å². The van der Waals surface area contributed by atoms with Gasteiger partial charge in [-0.25, -0.2) is 0 Å². The Bertz CT molecular complexity index is 367. The summed E-state index contributed by atoms with van der Waals surface area (Å²) < 4.78 is 11.7. The summed E-state index contributed by atoms with van der Waals surface area (Å²) >= 11 is 0. The zero-order valence-corrected chi connectivity index (χ0v) is 9.36. The highest BCUT2D eigenvalue weighted by Crippen LogP contribution is 2.46. The summed E-state index contributed by atoms with van der Waals surface area (Å²) in [6.45, 7) is 0.408. The van der Waals surface area contributed by atoms with Crippen LogP contribution in [0, 0.1) is 0 Å². The number of phenols is 1. The molecule has 4 N–H and O–H groups in total. The smallest absolute Gasteiger partial charge is 0.205 e. The second-order valence-electron chi connectivity index (χ2n) is 3.50. The summed E-state index contributed by atoms with van der Waals surface area (Å²) in [6, 6.07) is 6.58. The minimum atomic E-state index is -3.20. The Kier molecular flexibility index (Phi) is 4.33. The van der Waals surface area contributed by atoms with E-state index in [-0.39, 0.29) is 18.1 Å². The topological polar surface area (TPSA) is 83.6 Å². The molecule has 0 saturated heterocycles. The Morgan fingerprint density at radius 2 is 2.00 bits per heavy atom. The quantitative estimate of drug-likeness (QED) is 0.668. The van der Waals surface area contributed by atoms with Crippen LogP contribution in [0.1, 0.15) is 12.0 Å². The molecule has 0 fully saturated rings. The van der Waals surface area contributed by atoms with Crippen LogP contribution >= 0.6 is 7.37 Å². The lowest BCUT2D eigenvalue weighted by atomic mass is 10.2. The number of hydrogen-bond acceptors (Lipinski definition) is 3. The number of benzene rings is 1. The van der Waals surface area contributed by atoms with Gasteiger partial charge in [-0.2, -0.15) is 0 Å². The molecule has 84 valence electrons. The van der Waals surface area contributed by atoms with Crippen molar-refractivity contribution in [2.45, 2.75) is 12.6 Å². The molecule has 0 amide bonds. The lowest BCUT2D eigenvalue weighted by Gasteiger charge is -2.11. The van der Waals surface area contributed by atoms with E-state index < -0.39 is 7.37 Å². The zero-order valence-electron chi connectivity index (χ0n) is 8.47. The minimum Gasteiger partial charge on any atom is -0.508 e. The van der Waals surface area contributed by atoms with Gasteiger partial charge in [0, 0.05) is 11.7 Å². The standard InChI is InChI=1S/C10H16NO3P/c11-6-3-7-15(13,14)8-9-4-1-2-5-10(9)12/h1-2,4-5,12H,3,6-8,11H2,(H,13,14). The molecule has 1 rings (SSSR count). The highest BCUT2D eigenvalue weighted by Gasteiger charge is 2.19. The molecule has 0 saturated carbocycles. The van der Waals surface area contributed by atoms with Crippen LogP contribution in [0.4, 0.5) is 0 Å². The molecule has 0 spiro atoms. The number of rotatable bonds is 5. The van der Waals surface area contributed by atoms with E-state index in [4.69, 9.17) is 5.73 Å². The largest absolute Gasteiger partial charge is 0.508 e. The molecule has 0 aliphatic carbocycles. The second kappa shape index (κ2) is 5.31.